The van der Waals surface area contributed by atoms with Crippen molar-refractivity contribution in [2.45, 2.75) is 420 Å². The largest absolute Gasteiger partial charge is 0.472 e. The van der Waals surface area contributed by atoms with Gasteiger partial charge in [0.15, 0.2) is 12.2 Å². The molecule has 4 unspecified atom stereocenters. The van der Waals surface area contributed by atoms with E-state index in [1.54, 1.807) is 0 Å². The van der Waals surface area contributed by atoms with Crippen molar-refractivity contribution in [2.24, 2.45) is 23.7 Å². The molecule has 582 valence electrons. The molecule has 3 N–H and O–H groups in total. The number of carbonyl (C=O) groups excluding carboxylic acids is 4. The standard InChI is InChI=1S/C79H154O17P2/c1-9-72(8)58-50-42-33-27-23-19-14-12-10-11-13-15-20-24-28-34-43-51-59-76(81)89-66-75(96-79(84)62-54-46-38-37-41-49-57-71(6)7)68-94-98(87,88)92-64-73(80)63-91-97(85,86)93-67-74(65-90-77(82)60-52-44-36-30-32-40-48-56-70(4)5)95-78(83)61-53-45-35-29-25-21-17-16-18-22-26-31-39-47-55-69(2)3/h69-75,80H,9-68H2,1-8H3,(H,85,86)(H,87,88)/t72?,73?,74-,75-/m1/s1. The highest BCUT2D eigenvalue weighted by molar-refractivity contribution is 7.47. The maximum atomic E-state index is 13.1. The van der Waals surface area contributed by atoms with E-state index in [4.69, 9.17) is 37.0 Å². The van der Waals surface area contributed by atoms with Gasteiger partial charge in [0.1, 0.15) is 19.3 Å². The quantitative estimate of drug-likeness (QED) is 0.0222. The van der Waals surface area contributed by atoms with Crippen molar-refractivity contribution in [3.63, 3.8) is 0 Å². The summed E-state index contributed by atoms with van der Waals surface area (Å²) < 4.78 is 68.5. The molecule has 0 saturated carbocycles. The van der Waals surface area contributed by atoms with E-state index in [-0.39, 0.29) is 25.7 Å². The van der Waals surface area contributed by atoms with Crippen molar-refractivity contribution >= 4 is 39.5 Å². The monoisotopic (exact) mass is 1440 g/mol. The van der Waals surface area contributed by atoms with Crippen molar-refractivity contribution < 1.29 is 80.2 Å². The van der Waals surface area contributed by atoms with Gasteiger partial charge >= 0.3 is 39.5 Å². The number of esters is 4. The number of phosphoric acid groups is 2. The summed E-state index contributed by atoms with van der Waals surface area (Å²) in [5.41, 5.74) is 0. The zero-order valence-electron chi connectivity index (χ0n) is 64.4. The van der Waals surface area contributed by atoms with Crippen LogP contribution < -0.4 is 0 Å². The first-order valence-corrected chi connectivity index (χ1v) is 43.7. The van der Waals surface area contributed by atoms with Gasteiger partial charge in [0.25, 0.3) is 0 Å². The fraction of sp³-hybridized carbons (Fsp3) is 0.949. The second kappa shape index (κ2) is 68.2. The van der Waals surface area contributed by atoms with Gasteiger partial charge in [0.05, 0.1) is 26.4 Å². The molecule has 98 heavy (non-hydrogen) atoms. The molecule has 0 saturated heterocycles. The molecule has 0 radical (unpaired) electrons. The highest BCUT2D eigenvalue weighted by Gasteiger charge is 2.30. The smallest absolute Gasteiger partial charge is 0.462 e. The summed E-state index contributed by atoms with van der Waals surface area (Å²) in [6.07, 6.45) is 54.5. The molecule has 0 rings (SSSR count). The molecule has 0 spiro atoms. The van der Waals surface area contributed by atoms with E-state index in [2.05, 4.69) is 55.4 Å². The number of aliphatic hydroxyl groups is 1. The summed E-state index contributed by atoms with van der Waals surface area (Å²) in [7, 11) is -9.91. The molecule has 0 aliphatic heterocycles. The van der Waals surface area contributed by atoms with E-state index in [0.717, 1.165) is 108 Å². The highest BCUT2D eigenvalue weighted by atomic mass is 31.2. The van der Waals surface area contributed by atoms with E-state index in [0.29, 0.717) is 37.5 Å². The maximum absolute atomic E-state index is 13.1. The van der Waals surface area contributed by atoms with E-state index in [9.17, 15) is 43.2 Å². The first-order valence-electron chi connectivity index (χ1n) is 40.7. The lowest BCUT2D eigenvalue weighted by atomic mass is 9.99. The zero-order valence-corrected chi connectivity index (χ0v) is 66.2. The van der Waals surface area contributed by atoms with Crippen LogP contribution >= 0.6 is 15.6 Å². The molecular formula is C79H154O17P2. The molecule has 0 bridgehead atoms. The van der Waals surface area contributed by atoms with E-state index in [1.807, 2.05) is 0 Å². The second-order valence-electron chi connectivity index (χ2n) is 30.1. The lowest BCUT2D eigenvalue weighted by Gasteiger charge is -2.21. The molecule has 0 aliphatic carbocycles. The molecule has 0 heterocycles. The van der Waals surface area contributed by atoms with Gasteiger partial charge < -0.3 is 33.8 Å². The summed E-state index contributed by atoms with van der Waals surface area (Å²) in [4.78, 5) is 72.8. The third-order valence-electron chi connectivity index (χ3n) is 18.7. The summed E-state index contributed by atoms with van der Waals surface area (Å²) in [6, 6.07) is 0. The third kappa shape index (κ3) is 71.1. The van der Waals surface area contributed by atoms with E-state index < -0.39 is 97.5 Å². The van der Waals surface area contributed by atoms with Crippen LogP contribution in [-0.2, 0) is 65.4 Å². The minimum absolute atomic E-state index is 0.102. The Morgan fingerprint density at radius 2 is 0.490 bits per heavy atom. The number of ether oxygens (including phenoxy) is 4. The van der Waals surface area contributed by atoms with Gasteiger partial charge in [0.2, 0.25) is 0 Å². The van der Waals surface area contributed by atoms with Gasteiger partial charge in [-0.3, -0.25) is 37.3 Å². The van der Waals surface area contributed by atoms with Crippen LogP contribution in [0.25, 0.3) is 0 Å². The minimum atomic E-state index is -4.96. The number of unbranched alkanes of at least 4 members (excludes halogenated alkanes) is 41. The molecule has 0 aromatic carbocycles. The van der Waals surface area contributed by atoms with Crippen LogP contribution in [-0.4, -0.2) is 96.7 Å². The van der Waals surface area contributed by atoms with Gasteiger partial charge in [-0.1, -0.05) is 351 Å². The predicted molar refractivity (Wildman–Crippen MR) is 400 cm³/mol. The fourth-order valence-corrected chi connectivity index (χ4v) is 13.6. The molecule has 19 heteroatoms. The Hall–Kier alpha value is -1.94. The summed E-state index contributed by atoms with van der Waals surface area (Å²) in [5.74, 6) is 0.919. The molecule has 0 aromatic heterocycles. The molecule has 0 aromatic rings. The highest BCUT2D eigenvalue weighted by Crippen LogP contribution is 2.45. The Morgan fingerprint density at radius 3 is 0.724 bits per heavy atom. The van der Waals surface area contributed by atoms with Crippen molar-refractivity contribution in [2.75, 3.05) is 39.6 Å². The first-order chi connectivity index (χ1) is 47.1. The van der Waals surface area contributed by atoms with Crippen LogP contribution in [0.3, 0.4) is 0 Å². The first kappa shape index (κ1) is 96.1. The van der Waals surface area contributed by atoms with Gasteiger partial charge in [-0.05, 0) is 49.4 Å². The number of hydrogen-bond acceptors (Lipinski definition) is 15. The molecule has 6 atom stereocenters. The lowest BCUT2D eigenvalue weighted by molar-refractivity contribution is -0.161. The van der Waals surface area contributed by atoms with Gasteiger partial charge in [-0.15, -0.1) is 0 Å². The normalized spacial score (nSPS) is 14.3. The Kier molecular flexibility index (Phi) is 66.8. The zero-order chi connectivity index (χ0) is 72.4. The molecule has 0 amide bonds. The Balaban J connectivity index is 5.10. The molecular weight excluding hydrogens is 1280 g/mol. The third-order valence-corrected chi connectivity index (χ3v) is 20.6. The van der Waals surface area contributed by atoms with Gasteiger partial charge in [0, 0.05) is 25.7 Å². The van der Waals surface area contributed by atoms with E-state index >= 15 is 0 Å². The maximum Gasteiger partial charge on any atom is 0.472 e. The number of phosphoric ester groups is 2. The fourth-order valence-electron chi connectivity index (χ4n) is 12.0. The van der Waals surface area contributed by atoms with Crippen molar-refractivity contribution in [1.29, 1.82) is 0 Å². The average molecular weight is 1440 g/mol. The van der Waals surface area contributed by atoms with Crippen LogP contribution in [0.1, 0.15) is 402 Å². The van der Waals surface area contributed by atoms with Crippen molar-refractivity contribution in [1.82, 2.24) is 0 Å². The summed E-state index contributed by atoms with van der Waals surface area (Å²) >= 11 is 0. The lowest BCUT2D eigenvalue weighted by Crippen LogP contribution is -2.30. The van der Waals surface area contributed by atoms with E-state index in [1.165, 1.54) is 199 Å². The molecule has 0 fully saturated rings. The summed E-state index contributed by atoms with van der Waals surface area (Å²) in [6.45, 7) is 14.2. The number of hydrogen-bond donors (Lipinski definition) is 3. The van der Waals surface area contributed by atoms with Crippen LogP contribution in [0, 0.1) is 23.7 Å². The van der Waals surface area contributed by atoms with Crippen LogP contribution in [0.15, 0.2) is 0 Å². The van der Waals surface area contributed by atoms with Crippen LogP contribution in [0.4, 0.5) is 0 Å². The predicted octanol–water partition coefficient (Wildman–Crippen LogP) is 23.2. The van der Waals surface area contributed by atoms with Gasteiger partial charge in [-0.2, -0.15) is 0 Å². The molecule has 17 nitrogen and oxygen atoms in total. The number of carbonyl (C=O) groups is 4. The number of rotatable bonds is 76. The average Bonchev–Trinajstić information content (AvgIpc) is 1.19. The topological polar surface area (TPSA) is 237 Å². The van der Waals surface area contributed by atoms with Crippen LogP contribution in [0.2, 0.25) is 0 Å². The van der Waals surface area contributed by atoms with Gasteiger partial charge in [-0.25, -0.2) is 9.13 Å². The number of aliphatic hydroxyl groups excluding tert-OH is 1. The Bertz CT molecular complexity index is 1920. The molecule has 0 aliphatic rings. The second-order valence-corrected chi connectivity index (χ2v) is 33.0. The van der Waals surface area contributed by atoms with Crippen LogP contribution in [0.5, 0.6) is 0 Å². The van der Waals surface area contributed by atoms with Crippen molar-refractivity contribution in [3.05, 3.63) is 0 Å². The van der Waals surface area contributed by atoms with Crippen molar-refractivity contribution in [3.8, 4) is 0 Å². The minimum Gasteiger partial charge on any atom is -0.462 e. The Morgan fingerprint density at radius 1 is 0.286 bits per heavy atom. The summed E-state index contributed by atoms with van der Waals surface area (Å²) in [5, 5.41) is 10.6. The Labute approximate surface area is 600 Å². The SMILES string of the molecule is CCC(C)CCCCCCCCCCCCCCCCCCCCC(=O)OC[C@H](COP(=O)(O)OCC(O)COP(=O)(O)OC[C@@H](COC(=O)CCCCCCCCCC(C)C)OC(=O)CCCCCCCCCCCCCCCCC(C)C)OC(=O)CCCCCCCCC(C)C.